The molecular weight excluding hydrogens is 244 g/mol. The van der Waals surface area contributed by atoms with Gasteiger partial charge >= 0.3 is 0 Å². The summed E-state index contributed by atoms with van der Waals surface area (Å²) in [6.45, 7) is 0. The summed E-state index contributed by atoms with van der Waals surface area (Å²) in [6.07, 6.45) is 0. The molecule has 0 fully saturated rings. The molecule has 2 rings (SSSR count). The van der Waals surface area contributed by atoms with Crippen molar-refractivity contribution in [2.24, 2.45) is 0 Å². The molecule has 5 nitrogen and oxygen atoms in total. The van der Waals surface area contributed by atoms with E-state index in [9.17, 15) is 13.5 Å². The van der Waals surface area contributed by atoms with Crippen LogP contribution in [0.1, 0.15) is 0 Å². The van der Waals surface area contributed by atoms with E-state index < -0.39 is 10.1 Å². The lowest BCUT2D eigenvalue weighted by atomic mass is 10.1. The number of rotatable bonds is 2. The second kappa shape index (κ2) is 3.90. The number of hydrogen-bond acceptors (Lipinski definition) is 4. The van der Waals surface area contributed by atoms with E-state index in [1.807, 2.05) is 0 Å². The van der Waals surface area contributed by atoms with Crippen molar-refractivity contribution in [1.82, 2.24) is 0 Å². The van der Waals surface area contributed by atoms with Crippen LogP contribution in [-0.2, 0) is 10.1 Å². The minimum Gasteiger partial charge on any atom is -0.507 e. The fraction of sp³-hybridized carbons (Fsp3) is 0.0909. The molecule has 0 aromatic heterocycles. The highest BCUT2D eigenvalue weighted by Gasteiger charge is 2.17. The average molecular weight is 254 g/mol. The second-order valence-electron chi connectivity index (χ2n) is 3.44. The van der Waals surface area contributed by atoms with E-state index in [0.717, 1.165) is 6.07 Å². The molecule has 0 aliphatic carbocycles. The van der Waals surface area contributed by atoms with Crippen molar-refractivity contribution in [2.75, 3.05) is 7.11 Å². The van der Waals surface area contributed by atoms with E-state index >= 15 is 0 Å². The van der Waals surface area contributed by atoms with Gasteiger partial charge in [-0.15, -0.1) is 0 Å². The van der Waals surface area contributed by atoms with E-state index in [1.54, 1.807) is 12.1 Å². The molecule has 0 spiro atoms. The third-order valence-corrected chi connectivity index (χ3v) is 3.35. The van der Waals surface area contributed by atoms with Gasteiger partial charge in [-0.25, -0.2) is 0 Å². The van der Waals surface area contributed by atoms with Gasteiger partial charge in [0.15, 0.2) is 0 Å². The molecule has 90 valence electrons. The Hall–Kier alpha value is -1.79. The van der Waals surface area contributed by atoms with Gasteiger partial charge < -0.3 is 9.84 Å². The number of methoxy groups -OCH3 is 1. The lowest BCUT2D eigenvalue weighted by Gasteiger charge is -2.09. The van der Waals surface area contributed by atoms with Crippen LogP contribution >= 0.6 is 0 Å². The molecule has 6 heteroatoms. The van der Waals surface area contributed by atoms with Crippen molar-refractivity contribution in [3.8, 4) is 11.5 Å². The lowest BCUT2D eigenvalue weighted by molar-refractivity contribution is 0.416. The quantitative estimate of drug-likeness (QED) is 0.798. The van der Waals surface area contributed by atoms with Crippen LogP contribution in [0.4, 0.5) is 0 Å². The monoisotopic (exact) mass is 254 g/mol. The zero-order valence-electron chi connectivity index (χ0n) is 8.91. The van der Waals surface area contributed by atoms with Gasteiger partial charge in [0.2, 0.25) is 0 Å². The highest BCUT2D eigenvalue weighted by atomic mass is 32.2. The Morgan fingerprint density at radius 3 is 2.47 bits per heavy atom. The summed E-state index contributed by atoms with van der Waals surface area (Å²) in [7, 11) is -2.93. The Bertz CT molecular complexity index is 676. The van der Waals surface area contributed by atoms with Gasteiger partial charge in [-0.2, -0.15) is 8.42 Å². The molecule has 0 atom stereocenters. The molecule has 0 amide bonds. The summed E-state index contributed by atoms with van der Waals surface area (Å²) >= 11 is 0. The summed E-state index contributed by atoms with van der Waals surface area (Å²) in [5.74, 6) is 0.232. The molecule has 0 unspecified atom stereocenters. The number of fused-ring (bicyclic) bond motifs is 1. The van der Waals surface area contributed by atoms with E-state index in [1.165, 1.54) is 19.2 Å². The van der Waals surface area contributed by atoms with Gasteiger partial charge in [0.25, 0.3) is 10.1 Å². The Morgan fingerprint density at radius 2 is 1.88 bits per heavy atom. The maximum atomic E-state index is 11.2. The van der Waals surface area contributed by atoms with Crippen LogP contribution < -0.4 is 4.74 Å². The number of phenolic OH excluding ortho intramolecular Hbond substituents is 1. The second-order valence-corrected chi connectivity index (χ2v) is 4.83. The van der Waals surface area contributed by atoms with Crippen molar-refractivity contribution < 1.29 is 22.8 Å². The molecular formula is C11H10O5S. The maximum Gasteiger partial charge on any atom is 0.295 e. The van der Waals surface area contributed by atoms with E-state index in [0.29, 0.717) is 5.75 Å². The van der Waals surface area contributed by atoms with Crippen LogP contribution in [0.2, 0.25) is 0 Å². The van der Waals surface area contributed by atoms with Gasteiger partial charge in [0.05, 0.1) is 12.5 Å². The van der Waals surface area contributed by atoms with Gasteiger partial charge in [0.1, 0.15) is 16.4 Å². The smallest absolute Gasteiger partial charge is 0.295 e. The van der Waals surface area contributed by atoms with Crippen molar-refractivity contribution in [2.45, 2.75) is 4.90 Å². The van der Waals surface area contributed by atoms with Crippen molar-refractivity contribution in [3.05, 3.63) is 30.3 Å². The lowest BCUT2D eigenvalue weighted by Crippen LogP contribution is -1.99. The Kier molecular flexibility index (Phi) is 2.68. The van der Waals surface area contributed by atoms with E-state index in [2.05, 4.69) is 0 Å². The van der Waals surface area contributed by atoms with Crippen LogP contribution in [0.3, 0.4) is 0 Å². The molecule has 0 bridgehead atoms. The molecule has 2 aromatic carbocycles. The summed E-state index contributed by atoms with van der Waals surface area (Å²) < 4.78 is 36.5. The topological polar surface area (TPSA) is 83.8 Å². The fourth-order valence-corrected chi connectivity index (χ4v) is 2.41. The summed E-state index contributed by atoms with van der Waals surface area (Å²) in [6, 6.07) is 7.01. The largest absolute Gasteiger partial charge is 0.507 e. The molecule has 0 saturated carbocycles. The Balaban J connectivity index is 2.98. The van der Waals surface area contributed by atoms with Crippen molar-refractivity contribution in [3.63, 3.8) is 0 Å². The molecule has 0 saturated heterocycles. The van der Waals surface area contributed by atoms with Crippen LogP contribution in [0, 0.1) is 0 Å². The number of phenols is 1. The summed E-state index contributed by atoms with van der Waals surface area (Å²) in [5.41, 5.74) is 0. The summed E-state index contributed by atoms with van der Waals surface area (Å²) in [5, 5.41) is 10.2. The van der Waals surface area contributed by atoms with Crippen molar-refractivity contribution in [1.29, 1.82) is 0 Å². The fourth-order valence-electron chi connectivity index (χ4n) is 1.72. The minimum atomic E-state index is -4.34. The van der Waals surface area contributed by atoms with E-state index in [-0.39, 0.29) is 21.4 Å². The first-order valence-corrected chi connectivity index (χ1v) is 6.15. The van der Waals surface area contributed by atoms with Crippen LogP contribution in [0.25, 0.3) is 10.8 Å². The first-order chi connectivity index (χ1) is 7.95. The number of ether oxygens (including phenoxy) is 1. The standard InChI is InChI=1S/C11H10O5S/c1-16-9-4-2-3-7-10(17(13,14)15)6-5-8(12)11(7)9/h2-6,12H,1H3,(H,13,14,15). The molecule has 0 radical (unpaired) electrons. The van der Waals surface area contributed by atoms with Gasteiger partial charge in [-0.05, 0) is 18.2 Å². The molecule has 2 aromatic rings. The van der Waals surface area contributed by atoms with Crippen molar-refractivity contribution >= 4 is 20.9 Å². The number of aromatic hydroxyl groups is 1. The van der Waals surface area contributed by atoms with Gasteiger partial charge in [-0.3, -0.25) is 4.55 Å². The molecule has 0 aliphatic rings. The predicted octanol–water partition coefficient (Wildman–Crippen LogP) is 1.80. The maximum absolute atomic E-state index is 11.2. The zero-order valence-corrected chi connectivity index (χ0v) is 9.73. The van der Waals surface area contributed by atoms with Crippen LogP contribution in [0.15, 0.2) is 35.2 Å². The SMILES string of the molecule is COc1cccc2c(S(=O)(=O)O)ccc(O)c12. The van der Waals surface area contributed by atoms with Gasteiger partial charge in [-0.1, -0.05) is 12.1 Å². The molecule has 2 N–H and O–H groups in total. The average Bonchev–Trinajstić information content (AvgIpc) is 2.27. The third kappa shape index (κ3) is 1.92. The van der Waals surface area contributed by atoms with Gasteiger partial charge in [0, 0.05) is 5.39 Å². The van der Waals surface area contributed by atoms with Crippen LogP contribution in [-0.4, -0.2) is 25.2 Å². The van der Waals surface area contributed by atoms with E-state index in [4.69, 9.17) is 9.29 Å². The summed E-state index contributed by atoms with van der Waals surface area (Å²) in [4.78, 5) is -0.260. The number of benzene rings is 2. The first-order valence-electron chi connectivity index (χ1n) is 4.71. The first kappa shape index (κ1) is 11.7. The Morgan fingerprint density at radius 1 is 1.18 bits per heavy atom. The number of hydrogen-bond donors (Lipinski definition) is 2. The normalized spacial score (nSPS) is 11.6. The molecule has 0 heterocycles. The molecule has 0 aliphatic heterocycles. The third-order valence-electron chi connectivity index (χ3n) is 2.44. The minimum absolute atomic E-state index is 0.107. The Labute approximate surface area is 98.0 Å². The zero-order chi connectivity index (χ0) is 12.6. The van der Waals surface area contributed by atoms with Crippen LogP contribution in [0.5, 0.6) is 11.5 Å². The predicted molar refractivity (Wildman–Crippen MR) is 62.0 cm³/mol. The molecule has 17 heavy (non-hydrogen) atoms. The highest BCUT2D eigenvalue weighted by molar-refractivity contribution is 7.86. The highest BCUT2D eigenvalue weighted by Crippen LogP contribution is 2.36.